The van der Waals surface area contributed by atoms with Crippen LogP contribution in [0.3, 0.4) is 0 Å². The quantitative estimate of drug-likeness (QED) is 0.769. The molecule has 7 heteroatoms. The maximum absolute atomic E-state index is 12.3. The van der Waals surface area contributed by atoms with Crippen molar-refractivity contribution >= 4 is 17.5 Å². The van der Waals surface area contributed by atoms with Crippen LogP contribution in [0.1, 0.15) is 37.0 Å². The number of hydrogen-bond acceptors (Lipinski definition) is 5. The summed E-state index contributed by atoms with van der Waals surface area (Å²) >= 11 is 6.08. The highest BCUT2D eigenvalue weighted by atomic mass is 35.5. The van der Waals surface area contributed by atoms with Gasteiger partial charge in [-0.2, -0.15) is 0 Å². The van der Waals surface area contributed by atoms with Crippen LogP contribution >= 0.6 is 11.6 Å². The number of rotatable bonds is 5. The summed E-state index contributed by atoms with van der Waals surface area (Å²) in [5.41, 5.74) is 6.88. The number of aromatic nitrogens is 1. The Labute approximate surface area is 134 Å². The fourth-order valence-electron chi connectivity index (χ4n) is 2.84. The number of nitrogens with one attached hydrogen (secondary N) is 3. The molecule has 3 unspecified atom stereocenters. The summed E-state index contributed by atoms with van der Waals surface area (Å²) in [6, 6.07) is 2.01. The van der Waals surface area contributed by atoms with Crippen LogP contribution in [0.2, 0.25) is 5.02 Å². The molecule has 0 spiro atoms. The Morgan fingerprint density at radius 2 is 2.27 bits per heavy atom. The molecule has 3 atom stereocenters. The van der Waals surface area contributed by atoms with E-state index in [1.165, 1.54) is 19.0 Å². The first-order chi connectivity index (χ1) is 10.6. The maximum atomic E-state index is 12.3. The first-order valence-corrected chi connectivity index (χ1v) is 8.08. The Morgan fingerprint density at radius 3 is 2.91 bits per heavy atom. The van der Waals surface area contributed by atoms with Crippen molar-refractivity contribution in [3.8, 4) is 5.88 Å². The highest BCUT2D eigenvalue weighted by molar-refractivity contribution is 6.32. The average Bonchev–Trinajstić information content (AvgIpc) is 3.27. The Balaban J connectivity index is 1.63. The molecular formula is C15H21ClN4O2. The van der Waals surface area contributed by atoms with Gasteiger partial charge in [-0.1, -0.05) is 18.5 Å². The number of pyridine rings is 1. The van der Waals surface area contributed by atoms with Crippen LogP contribution in [0.5, 0.6) is 5.88 Å². The van der Waals surface area contributed by atoms with Crippen molar-refractivity contribution in [1.82, 2.24) is 21.2 Å². The minimum Gasteiger partial charge on any atom is -0.477 e. The molecule has 3 N–H and O–H groups in total. The molecule has 2 fully saturated rings. The van der Waals surface area contributed by atoms with E-state index >= 15 is 0 Å². The Hall–Kier alpha value is -1.37. The summed E-state index contributed by atoms with van der Waals surface area (Å²) in [4.78, 5) is 16.4. The van der Waals surface area contributed by atoms with Crippen LogP contribution in [-0.2, 0) is 0 Å². The van der Waals surface area contributed by atoms with Gasteiger partial charge in [0.15, 0.2) is 0 Å². The van der Waals surface area contributed by atoms with Gasteiger partial charge in [0.2, 0.25) is 5.88 Å². The van der Waals surface area contributed by atoms with Crippen LogP contribution < -0.4 is 20.9 Å². The van der Waals surface area contributed by atoms with Gasteiger partial charge >= 0.3 is 0 Å². The van der Waals surface area contributed by atoms with E-state index in [1.807, 2.05) is 6.92 Å². The first kappa shape index (κ1) is 15.5. The first-order valence-electron chi connectivity index (χ1n) is 7.70. The van der Waals surface area contributed by atoms with Crippen molar-refractivity contribution < 1.29 is 9.53 Å². The summed E-state index contributed by atoms with van der Waals surface area (Å²) in [5.74, 6) is 1.22. The lowest BCUT2D eigenvalue weighted by molar-refractivity contribution is 0.0922. The van der Waals surface area contributed by atoms with Gasteiger partial charge in [-0.25, -0.2) is 10.4 Å². The molecule has 0 aromatic carbocycles. The van der Waals surface area contributed by atoms with Gasteiger partial charge in [-0.15, -0.1) is 0 Å². The third-order valence-corrected chi connectivity index (χ3v) is 4.54. The summed E-state index contributed by atoms with van der Waals surface area (Å²) < 4.78 is 5.27. The van der Waals surface area contributed by atoms with Crippen LogP contribution in [-0.4, -0.2) is 29.7 Å². The van der Waals surface area contributed by atoms with Gasteiger partial charge in [0, 0.05) is 18.2 Å². The molecule has 0 bridgehead atoms. The van der Waals surface area contributed by atoms with Crippen LogP contribution in [0.25, 0.3) is 0 Å². The normalized spacial score (nSPS) is 27.7. The summed E-state index contributed by atoms with van der Waals surface area (Å²) in [6.07, 6.45) is 3.92. The zero-order chi connectivity index (χ0) is 15.7. The molecule has 6 nitrogen and oxygen atoms in total. The van der Waals surface area contributed by atoms with Crippen molar-refractivity contribution in [2.75, 3.05) is 6.61 Å². The third-order valence-electron chi connectivity index (χ3n) is 4.26. The van der Waals surface area contributed by atoms with Gasteiger partial charge in [0.05, 0.1) is 18.3 Å². The average molecular weight is 325 g/mol. The number of amides is 1. The number of hydrazine groups is 1. The molecule has 2 aliphatic rings. The number of carbonyl (C=O) groups is 1. The summed E-state index contributed by atoms with van der Waals surface area (Å²) in [6.45, 7) is 4.48. The van der Waals surface area contributed by atoms with Crippen LogP contribution in [0.4, 0.5) is 0 Å². The van der Waals surface area contributed by atoms with E-state index in [0.717, 1.165) is 5.92 Å². The van der Waals surface area contributed by atoms with Crippen molar-refractivity contribution in [3.05, 3.63) is 22.8 Å². The molecule has 1 aromatic heterocycles. The van der Waals surface area contributed by atoms with E-state index in [0.29, 0.717) is 35.0 Å². The molecule has 1 saturated heterocycles. The number of ether oxygens (including phenoxy) is 1. The molecule has 3 rings (SSSR count). The molecule has 1 saturated carbocycles. The molecule has 1 aliphatic carbocycles. The molecule has 0 radical (unpaired) electrons. The number of hydrogen-bond donors (Lipinski definition) is 3. The van der Waals surface area contributed by atoms with Gasteiger partial charge in [0.25, 0.3) is 5.91 Å². The van der Waals surface area contributed by atoms with Gasteiger partial charge < -0.3 is 10.1 Å². The second kappa shape index (κ2) is 6.40. The standard InChI is InChI=1S/C15H21ClN4O2/c1-3-22-15-11(16)6-10(7-17-15)14(21)18-13-8(2)12(19-20-13)9-4-5-9/h6-9,12-13,19-20H,3-5H2,1-2H3,(H,18,21). The number of halogens is 1. The highest BCUT2D eigenvalue weighted by Crippen LogP contribution is 2.37. The predicted octanol–water partition coefficient (Wildman–Crippen LogP) is 1.71. The van der Waals surface area contributed by atoms with E-state index in [9.17, 15) is 4.79 Å². The predicted molar refractivity (Wildman–Crippen MR) is 83.6 cm³/mol. The lowest BCUT2D eigenvalue weighted by Crippen LogP contribution is -2.46. The molecule has 1 aliphatic heterocycles. The smallest absolute Gasteiger partial charge is 0.254 e. The fourth-order valence-corrected chi connectivity index (χ4v) is 3.06. The zero-order valence-corrected chi connectivity index (χ0v) is 13.5. The summed E-state index contributed by atoms with van der Waals surface area (Å²) in [5, 5.41) is 3.33. The molecule has 120 valence electrons. The molecule has 2 heterocycles. The van der Waals surface area contributed by atoms with Gasteiger partial charge in [-0.05, 0) is 31.7 Å². The highest BCUT2D eigenvalue weighted by Gasteiger charge is 2.42. The Morgan fingerprint density at radius 1 is 1.50 bits per heavy atom. The second-order valence-corrected chi connectivity index (χ2v) is 6.31. The Bertz CT molecular complexity index is 564. The van der Waals surface area contributed by atoms with Crippen LogP contribution in [0.15, 0.2) is 12.3 Å². The monoisotopic (exact) mass is 324 g/mol. The van der Waals surface area contributed by atoms with E-state index in [1.54, 1.807) is 6.07 Å². The van der Waals surface area contributed by atoms with Gasteiger partial charge in [0.1, 0.15) is 5.02 Å². The third kappa shape index (κ3) is 3.19. The largest absolute Gasteiger partial charge is 0.477 e. The van der Waals surface area contributed by atoms with Crippen LogP contribution in [0, 0.1) is 11.8 Å². The zero-order valence-electron chi connectivity index (χ0n) is 12.7. The van der Waals surface area contributed by atoms with Crippen molar-refractivity contribution in [3.63, 3.8) is 0 Å². The van der Waals surface area contributed by atoms with E-state index in [-0.39, 0.29) is 12.1 Å². The SMILES string of the molecule is CCOc1ncc(C(=O)NC2NNC(C3CC3)C2C)cc1Cl. The van der Waals surface area contributed by atoms with Gasteiger partial charge in [-0.3, -0.25) is 10.2 Å². The minimum atomic E-state index is -0.194. The lowest BCUT2D eigenvalue weighted by Gasteiger charge is -2.19. The van der Waals surface area contributed by atoms with E-state index in [2.05, 4.69) is 28.1 Å². The lowest BCUT2D eigenvalue weighted by atomic mass is 9.97. The molecular weight excluding hydrogens is 304 g/mol. The second-order valence-electron chi connectivity index (χ2n) is 5.91. The number of carbonyl (C=O) groups excluding carboxylic acids is 1. The summed E-state index contributed by atoms with van der Waals surface area (Å²) in [7, 11) is 0. The minimum absolute atomic E-state index is 0.0940. The molecule has 22 heavy (non-hydrogen) atoms. The number of nitrogens with zero attached hydrogens (tertiary/aromatic N) is 1. The fraction of sp³-hybridized carbons (Fsp3) is 0.600. The molecule has 1 aromatic rings. The van der Waals surface area contributed by atoms with E-state index in [4.69, 9.17) is 16.3 Å². The van der Waals surface area contributed by atoms with Crippen molar-refractivity contribution in [1.29, 1.82) is 0 Å². The maximum Gasteiger partial charge on any atom is 0.254 e. The Kier molecular flexibility index (Phi) is 4.52. The van der Waals surface area contributed by atoms with E-state index < -0.39 is 0 Å². The topological polar surface area (TPSA) is 75.3 Å². The molecule has 1 amide bonds. The van der Waals surface area contributed by atoms with Crippen molar-refractivity contribution in [2.45, 2.75) is 38.9 Å². The van der Waals surface area contributed by atoms with Crippen molar-refractivity contribution in [2.24, 2.45) is 11.8 Å².